The molecular formula is C37H45N4O7P. The molecule has 1 aliphatic heterocycles. The van der Waals surface area contributed by atoms with Crippen LogP contribution in [0.5, 0.6) is 0 Å². The van der Waals surface area contributed by atoms with Crippen molar-refractivity contribution in [3.63, 3.8) is 0 Å². The third kappa shape index (κ3) is 9.88. The van der Waals surface area contributed by atoms with Crippen molar-refractivity contribution in [2.45, 2.75) is 81.4 Å². The average Bonchev–Trinajstić information content (AvgIpc) is 3.06. The lowest BCUT2D eigenvalue weighted by molar-refractivity contribution is -0.138. The summed E-state index contributed by atoms with van der Waals surface area (Å²) in [7, 11) is -4.25. The van der Waals surface area contributed by atoms with Crippen molar-refractivity contribution >= 4 is 42.0 Å². The number of amides is 4. The Hall–Kier alpha value is -4.31. The summed E-state index contributed by atoms with van der Waals surface area (Å²) in [6.07, 6.45) is 7.50. The second kappa shape index (κ2) is 15.9. The smallest absolute Gasteiger partial charge is 0.329 e. The molecule has 3 aromatic rings. The van der Waals surface area contributed by atoms with Gasteiger partial charge in [0.2, 0.25) is 23.6 Å². The molecule has 7 N–H and O–H groups in total. The van der Waals surface area contributed by atoms with Gasteiger partial charge in [-0.15, -0.1) is 0 Å². The van der Waals surface area contributed by atoms with Crippen LogP contribution in [0.25, 0.3) is 10.8 Å². The summed E-state index contributed by atoms with van der Waals surface area (Å²) >= 11 is 0. The molecule has 49 heavy (non-hydrogen) atoms. The van der Waals surface area contributed by atoms with Crippen LogP contribution in [0.1, 0.15) is 74.0 Å². The van der Waals surface area contributed by atoms with Crippen LogP contribution in [0, 0.1) is 5.92 Å². The van der Waals surface area contributed by atoms with Gasteiger partial charge < -0.3 is 31.5 Å². The number of hydrogen-bond acceptors (Lipinski definition) is 5. The van der Waals surface area contributed by atoms with E-state index in [1.54, 1.807) is 24.3 Å². The minimum atomic E-state index is -4.25. The number of carbonyl (C=O) groups excluding carboxylic acids is 4. The zero-order valence-corrected chi connectivity index (χ0v) is 28.4. The van der Waals surface area contributed by atoms with Gasteiger partial charge in [0.15, 0.2) is 0 Å². The number of hydrogen-bond donors (Lipinski definition) is 6. The van der Waals surface area contributed by atoms with E-state index in [0.717, 1.165) is 28.3 Å². The fourth-order valence-electron chi connectivity index (χ4n) is 7.02. The lowest BCUT2D eigenvalue weighted by atomic mass is 9.80. The normalized spacial score (nSPS) is 23.1. The van der Waals surface area contributed by atoms with E-state index in [-0.39, 0.29) is 37.4 Å². The van der Waals surface area contributed by atoms with Gasteiger partial charge in [-0.2, -0.15) is 0 Å². The third-order valence-electron chi connectivity index (χ3n) is 9.54. The van der Waals surface area contributed by atoms with Gasteiger partial charge in [0.25, 0.3) is 0 Å². The van der Waals surface area contributed by atoms with E-state index < -0.39 is 42.8 Å². The molecule has 5 rings (SSSR count). The van der Waals surface area contributed by atoms with E-state index in [1.165, 1.54) is 0 Å². The Morgan fingerprint density at radius 1 is 0.939 bits per heavy atom. The van der Waals surface area contributed by atoms with Crippen LogP contribution in [0.4, 0.5) is 0 Å². The summed E-state index contributed by atoms with van der Waals surface area (Å²) in [5, 5.41) is 10.9. The maximum atomic E-state index is 13.9. The molecule has 1 saturated carbocycles. The quantitative estimate of drug-likeness (QED) is 0.159. The maximum Gasteiger partial charge on any atom is 0.329 e. The summed E-state index contributed by atoms with van der Waals surface area (Å²) in [4.78, 5) is 72.1. The first-order chi connectivity index (χ1) is 23.4. The van der Waals surface area contributed by atoms with E-state index in [9.17, 15) is 33.5 Å². The molecule has 1 aliphatic carbocycles. The van der Waals surface area contributed by atoms with Gasteiger partial charge in [-0.05, 0) is 59.1 Å². The van der Waals surface area contributed by atoms with Gasteiger partial charge in [0, 0.05) is 18.9 Å². The first-order valence-electron chi connectivity index (χ1n) is 16.9. The van der Waals surface area contributed by atoms with Crippen molar-refractivity contribution in [3.05, 3.63) is 95.6 Å². The van der Waals surface area contributed by atoms with Gasteiger partial charge in [-0.1, -0.05) is 98.1 Å². The molecule has 1 unspecified atom stereocenters. The topological polar surface area (TPSA) is 188 Å². The number of benzene rings is 3. The van der Waals surface area contributed by atoms with Crippen LogP contribution in [-0.4, -0.2) is 51.5 Å². The Bertz CT molecular complexity index is 1740. The Balaban J connectivity index is 1.49. The SMILES string of the molecule is NC(=O)CC1NC(=O)C2(CCCCC2)NC(=O)C[C@@H](c2ccc(CP(=O)(O)O)cc2)/C=C/C[C@@H](Cc2cccc3ccccc23)CNC1=O. The summed E-state index contributed by atoms with van der Waals surface area (Å²) in [5.41, 5.74) is 6.64. The number of carbonyl (C=O) groups is 4. The number of allylic oxidation sites excluding steroid dienone is 2. The molecule has 3 atom stereocenters. The standard InChI is InChI=1S/C37H45N4O7P/c38-33(42)22-32-35(44)39-23-26(20-30-12-7-10-28-9-2-3-13-31(28)30)8-6-11-29(27-16-14-25(15-17-27)24-49(46,47)48)21-34(43)41-37(36(45)40-32)18-4-1-5-19-37/h2-3,6-7,9-17,26,29,32H,1,4-5,8,18-24H2,(H2,38,42)(H,39,44)(H,40,45)(H,41,43)(H2,46,47,48)/b11-6+/t26-,29-,32?/m0/s1. The number of nitrogens with one attached hydrogen (secondary N) is 3. The molecule has 4 amide bonds. The zero-order chi connectivity index (χ0) is 35.0. The van der Waals surface area contributed by atoms with E-state index in [4.69, 9.17) is 5.73 Å². The maximum absolute atomic E-state index is 13.9. The molecule has 11 nitrogen and oxygen atoms in total. The summed E-state index contributed by atoms with van der Waals surface area (Å²) < 4.78 is 11.6. The summed E-state index contributed by atoms with van der Waals surface area (Å²) in [6.45, 7) is 0.265. The van der Waals surface area contributed by atoms with Crippen molar-refractivity contribution in [2.24, 2.45) is 11.7 Å². The second-order valence-corrected chi connectivity index (χ2v) is 15.0. The Morgan fingerprint density at radius 3 is 2.37 bits per heavy atom. The lowest BCUT2D eigenvalue weighted by Crippen LogP contribution is -2.63. The van der Waals surface area contributed by atoms with Gasteiger partial charge in [0.05, 0.1) is 12.6 Å². The highest BCUT2D eigenvalue weighted by molar-refractivity contribution is 7.50. The molecule has 1 heterocycles. The molecule has 0 bridgehead atoms. The van der Waals surface area contributed by atoms with Crippen molar-refractivity contribution in [1.29, 1.82) is 0 Å². The lowest BCUT2D eigenvalue weighted by Gasteiger charge is -2.38. The van der Waals surface area contributed by atoms with Crippen LogP contribution in [0.3, 0.4) is 0 Å². The van der Waals surface area contributed by atoms with Gasteiger partial charge >= 0.3 is 7.60 Å². The van der Waals surface area contributed by atoms with Crippen molar-refractivity contribution in [2.75, 3.05) is 6.54 Å². The largest absolute Gasteiger partial charge is 0.370 e. The first kappa shape index (κ1) is 36.0. The molecular weight excluding hydrogens is 643 g/mol. The predicted molar refractivity (Wildman–Crippen MR) is 187 cm³/mol. The number of fused-ring (bicyclic) bond motifs is 1. The van der Waals surface area contributed by atoms with Gasteiger partial charge in [-0.3, -0.25) is 23.7 Å². The molecule has 1 fully saturated rings. The van der Waals surface area contributed by atoms with Crippen LogP contribution in [0.15, 0.2) is 78.9 Å². The monoisotopic (exact) mass is 688 g/mol. The molecule has 2 aliphatic rings. The number of rotatable bonds is 7. The highest BCUT2D eigenvalue weighted by atomic mass is 31.2. The molecule has 1 spiro atoms. The van der Waals surface area contributed by atoms with Gasteiger partial charge in [0.1, 0.15) is 11.6 Å². The second-order valence-electron chi connectivity index (χ2n) is 13.4. The molecule has 0 aromatic heterocycles. The molecule has 0 radical (unpaired) electrons. The van der Waals surface area contributed by atoms with Crippen molar-refractivity contribution in [3.8, 4) is 0 Å². The average molecular weight is 689 g/mol. The molecule has 260 valence electrons. The fraction of sp³-hybridized carbons (Fsp3) is 0.405. The predicted octanol–water partition coefficient (Wildman–Crippen LogP) is 4.11. The van der Waals surface area contributed by atoms with E-state index in [2.05, 4.69) is 28.1 Å². The highest BCUT2D eigenvalue weighted by Gasteiger charge is 2.42. The van der Waals surface area contributed by atoms with Crippen LogP contribution in [-0.2, 0) is 36.3 Å². The Morgan fingerprint density at radius 2 is 1.65 bits per heavy atom. The molecule has 0 saturated heterocycles. The Labute approximate surface area is 286 Å². The van der Waals surface area contributed by atoms with Crippen LogP contribution >= 0.6 is 7.60 Å². The first-order valence-corrected chi connectivity index (χ1v) is 18.7. The molecule has 12 heteroatoms. The summed E-state index contributed by atoms with van der Waals surface area (Å²) in [6, 6.07) is 19.9. The Kier molecular flexibility index (Phi) is 11.7. The fourth-order valence-corrected chi connectivity index (χ4v) is 7.70. The third-order valence-corrected chi connectivity index (χ3v) is 10.3. The van der Waals surface area contributed by atoms with Gasteiger partial charge in [-0.25, -0.2) is 0 Å². The van der Waals surface area contributed by atoms with Crippen molar-refractivity contribution < 1.29 is 33.5 Å². The molecule has 3 aromatic carbocycles. The van der Waals surface area contributed by atoms with Crippen LogP contribution in [0.2, 0.25) is 0 Å². The van der Waals surface area contributed by atoms with E-state index in [1.807, 2.05) is 42.5 Å². The van der Waals surface area contributed by atoms with E-state index >= 15 is 0 Å². The number of primary amides is 1. The number of nitrogens with two attached hydrogens (primary N) is 1. The highest BCUT2D eigenvalue weighted by Crippen LogP contribution is 2.39. The van der Waals surface area contributed by atoms with Crippen LogP contribution < -0.4 is 21.7 Å². The minimum Gasteiger partial charge on any atom is -0.370 e. The van der Waals surface area contributed by atoms with Crippen molar-refractivity contribution in [1.82, 2.24) is 16.0 Å². The zero-order valence-electron chi connectivity index (χ0n) is 27.5. The van der Waals surface area contributed by atoms with E-state index in [0.29, 0.717) is 44.1 Å². The summed E-state index contributed by atoms with van der Waals surface area (Å²) in [5.74, 6) is -2.58. The minimum absolute atomic E-state index is 0.0270.